The smallest absolute Gasteiger partial charge is 0.548 e. The van der Waals surface area contributed by atoms with Crippen molar-refractivity contribution in [2.24, 2.45) is 0 Å². The molecule has 0 bridgehead atoms. The third-order valence-electron chi connectivity index (χ3n) is 8.30. The number of quaternary nitrogens is 1. The fourth-order valence-corrected chi connectivity index (χ4v) is 6.60. The predicted octanol–water partition coefficient (Wildman–Crippen LogP) is 7.80. The van der Waals surface area contributed by atoms with Crippen LogP contribution in [0.25, 0.3) is 14.2 Å². The Bertz CT molecular complexity index is 1020. The molecule has 0 N–H and O–H groups in total. The monoisotopic (exact) mass is 804 g/mol. The van der Waals surface area contributed by atoms with Gasteiger partial charge in [-0.25, -0.2) is 25.3 Å². The van der Waals surface area contributed by atoms with Crippen LogP contribution in [0.2, 0.25) is 0 Å². The number of hydrogen-bond acceptors (Lipinski definition) is 7. The van der Waals surface area contributed by atoms with E-state index in [-0.39, 0.29) is 56.0 Å². The first-order chi connectivity index (χ1) is 21.8. The summed E-state index contributed by atoms with van der Waals surface area (Å²) in [6, 6.07) is 0. The second-order valence-electron chi connectivity index (χ2n) is 15.8. The van der Waals surface area contributed by atoms with E-state index in [0.717, 1.165) is 0 Å². The minimum absolute atomic E-state index is 0. The molecule has 49 heavy (non-hydrogen) atoms. The quantitative estimate of drug-likeness (QED) is 0.0905. The van der Waals surface area contributed by atoms with Crippen LogP contribution in [0.15, 0.2) is 0 Å². The number of rotatable bonds is 24. The van der Waals surface area contributed by atoms with Gasteiger partial charge in [-0.2, -0.15) is 0 Å². The maximum Gasteiger partial charge on any atom is 3.00 e. The molecule has 0 aromatic rings. The summed E-state index contributed by atoms with van der Waals surface area (Å²) in [6.07, 6.45) is 11.1. The molecule has 0 atom stereocenters. The normalized spacial score (nSPS) is 13.6. The van der Waals surface area contributed by atoms with E-state index in [0.29, 0.717) is 0 Å². The average Bonchev–Trinajstić information content (AvgIpc) is 2.94. The standard InChI is InChI=1S/C18H39N4O6S3.C16H36N.Co/c1-16(2,3)29(23,24)19-10-13-22(14-11-20-30(25,26)17(4,5)6)15-12-21-31(27,28)18(7,8)9;1-5-9-13-17(14-10-6-2,15-11-7-3)16-12-8-4;/h10-15H2,1-9H3;5-16H2,1-4H3;/q-3;+1;+3. The molecule has 0 aliphatic rings. The van der Waals surface area contributed by atoms with Crippen molar-refractivity contribution in [3.63, 3.8) is 0 Å². The Morgan fingerprint density at radius 1 is 0.449 bits per heavy atom. The second-order valence-corrected chi connectivity index (χ2v) is 23.1. The van der Waals surface area contributed by atoms with Gasteiger partial charge in [0.15, 0.2) is 0 Å². The van der Waals surface area contributed by atoms with Crippen LogP contribution in [0.5, 0.6) is 0 Å². The van der Waals surface area contributed by atoms with E-state index >= 15 is 0 Å². The molecule has 0 rings (SSSR count). The summed E-state index contributed by atoms with van der Waals surface area (Å²) in [5.74, 6) is 0. The molecule has 0 aromatic carbocycles. The van der Waals surface area contributed by atoms with Crippen LogP contribution in [-0.2, 0) is 46.8 Å². The van der Waals surface area contributed by atoms with Gasteiger partial charge in [0.25, 0.3) is 0 Å². The second kappa shape index (κ2) is 24.5. The molecule has 0 fully saturated rings. The maximum absolute atomic E-state index is 12.2. The van der Waals surface area contributed by atoms with Crippen LogP contribution in [0.4, 0.5) is 0 Å². The van der Waals surface area contributed by atoms with E-state index < -0.39 is 44.3 Å². The van der Waals surface area contributed by atoms with E-state index in [1.807, 2.05) is 0 Å². The van der Waals surface area contributed by atoms with Crippen LogP contribution in [0, 0.1) is 0 Å². The molecule has 0 saturated heterocycles. The molecule has 0 aliphatic carbocycles. The summed E-state index contributed by atoms with van der Waals surface area (Å²) in [5, 5.41) is 0. The summed E-state index contributed by atoms with van der Waals surface area (Å²) in [7, 11) is -11.0. The van der Waals surface area contributed by atoms with Gasteiger partial charge in [0, 0.05) is 14.2 Å². The average molecular weight is 805 g/mol. The number of nitrogens with zero attached hydrogens (tertiary/aromatic N) is 5. The van der Waals surface area contributed by atoms with Crippen molar-refractivity contribution < 1.29 is 46.5 Å². The van der Waals surface area contributed by atoms with E-state index in [1.54, 1.807) is 67.2 Å². The van der Waals surface area contributed by atoms with Crippen molar-refractivity contribution in [2.45, 2.75) is 156 Å². The molecule has 0 amide bonds. The zero-order chi connectivity index (χ0) is 37.9. The Morgan fingerprint density at radius 2 is 0.653 bits per heavy atom. The molecule has 0 aliphatic heterocycles. The predicted molar refractivity (Wildman–Crippen MR) is 206 cm³/mol. The summed E-state index contributed by atoms with van der Waals surface area (Å²) >= 11 is 0. The molecule has 0 heterocycles. The Morgan fingerprint density at radius 3 is 0.816 bits per heavy atom. The summed E-state index contributed by atoms with van der Waals surface area (Å²) in [6.45, 7) is 29.5. The van der Waals surface area contributed by atoms with Crippen molar-refractivity contribution in [3.05, 3.63) is 14.2 Å². The van der Waals surface area contributed by atoms with Crippen LogP contribution >= 0.6 is 0 Å². The van der Waals surface area contributed by atoms with Gasteiger partial charge in [0.1, 0.15) is 0 Å². The van der Waals surface area contributed by atoms with Gasteiger partial charge < -0.3 is 23.5 Å². The van der Waals surface area contributed by atoms with E-state index in [9.17, 15) is 25.3 Å². The van der Waals surface area contributed by atoms with Gasteiger partial charge in [-0.05, 0) is 108 Å². The summed E-state index contributed by atoms with van der Waals surface area (Å²) < 4.78 is 82.7. The van der Waals surface area contributed by atoms with Gasteiger partial charge >= 0.3 is 16.8 Å². The molecular formula is C34H75CoN5O6S3+. The minimum Gasteiger partial charge on any atom is -0.548 e. The van der Waals surface area contributed by atoms with Crippen molar-refractivity contribution in [3.8, 4) is 0 Å². The van der Waals surface area contributed by atoms with Gasteiger partial charge in [-0.3, -0.25) is 0 Å². The van der Waals surface area contributed by atoms with Crippen molar-refractivity contribution in [1.82, 2.24) is 4.90 Å². The first-order valence-corrected chi connectivity index (χ1v) is 22.5. The molecule has 298 valence electrons. The summed E-state index contributed by atoms with van der Waals surface area (Å²) in [5.41, 5.74) is 0. The first-order valence-electron chi connectivity index (χ1n) is 18.2. The van der Waals surface area contributed by atoms with Gasteiger partial charge in [0.2, 0.25) is 0 Å². The Hall–Kier alpha value is 0.156. The fourth-order valence-electron chi connectivity index (χ4n) is 4.47. The van der Waals surface area contributed by atoms with Crippen LogP contribution in [0.3, 0.4) is 0 Å². The number of sulfonamides is 3. The van der Waals surface area contributed by atoms with Crippen LogP contribution < -0.4 is 0 Å². The minimum atomic E-state index is -3.66. The SMILES string of the molecule is CC(C)(C)S(=O)(=O)[N-]CCN(CC[N-]S(=O)(=O)C(C)(C)C)CC[N-]S(=O)(=O)C(C)(C)C.CCCC[N+](CCCC)(CCCC)CCCC.[Co+3]. The van der Waals surface area contributed by atoms with Crippen LogP contribution in [-0.4, -0.2) is 114 Å². The topological polar surface area (TPSA) is 148 Å². The zero-order valence-electron chi connectivity index (χ0n) is 33.5. The van der Waals surface area contributed by atoms with E-state index in [2.05, 4.69) is 41.9 Å². The Labute approximate surface area is 315 Å². The molecule has 15 heteroatoms. The Balaban J connectivity index is -0.000000997. The summed E-state index contributed by atoms with van der Waals surface area (Å²) in [4.78, 5) is 1.71. The van der Waals surface area contributed by atoms with E-state index in [1.165, 1.54) is 82.0 Å². The van der Waals surface area contributed by atoms with Gasteiger partial charge in [0.05, 0.1) is 56.2 Å². The van der Waals surface area contributed by atoms with Crippen molar-refractivity contribution in [1.29, 1.82) is 0 Å². The van der Waals surface area contributed by atoms with Crippen molar-refractivity contribution in [2.75, 3.05) is 65.4 Å². The van der Waals surface area contributed by atoms with Crippen molar-refractivity contribution >= 4 is 30.1 Å². The first kappa shape index (κ1) is 53.5. The van der Waals surface area contributed by atoms with E-state index in [4.69, 9.17) is 0 Å². The fraction of sp³-hybridized carbons (Fsp3) is 1.00. The van der Waals surface area contributed by atoms with Gasteiger partial charge in [-0.15, -0.1) is 19.6 Å². The van der Waals surface area contributed by atoms with Gasteiger partial charge in [-0.1, -0.05) is 53.4 Å². The zero-order valence-corrected chi connectivity index (χ0v) is 37.0. The number of unbranched alkanes of at least 4 members (excludes halogenated alkanes) is 4. The third-order valence-corrected chi connectivity index (χ3v) is 14.5. The molecule has 0 unspecified atom stereocenters. The molecular weight excluding hydrogens is 730 g/mol. The third kappa shape index (κ3) is 22.1. The maximum atomic E-state index is 12.2. The molecule has 0 saturated carbocycles. The molecule has 0 radical (unpaired) electrons. The molecule has 0 spiro atoms. The molecule has 0 aromatic heterocycles. The number of hydrogen-bond donors (Lipinski definition) is 0. The largest absolute Gasteiger partial charge is 3.00 e. The Kier molecular flexibility index (Phi) is 26.7. The van der Waals surface area contributed by atoms with Crippen LogP contribution in [0.1, 0.15) is 141 Å². The molecule has 11 nitrogen and oxygen atoms in total.